The molecule has 0 saturated heterocycles. The molecule has 4 rings (SSSR count). The average Bonchev–Trinajstić information content (AvgIpc) is 3.38. The molecule has 2 aromatic carbocycles. The number of benzene rings is 2. The number of rotatable bonds is 7. The Morgan fingerprint density at radius 1 is 1.09 bits per heavy atom. The molecule has 1 N–H and O–H groups in total. The number of hydrogen-bond acceptors (Lipinski definition) is 7. The summed E-state index contributed by atoms with van der Waals surface area (Å²) < 4.78 is 15.9. The number of anilines is 1. The Balaban J connectivity index is 1.61. The molecule has 8 heteroatoms. The van der Waals surface area contributed by atoms with Gasteiger partial charge in [0.1, 0.15) is 0 Å². The van der Waals surface area contributed by atoms with Crippen LogP contribution in [0.4, 0.5) is 5.69 Å². The molecule has 3 aromatic rings. The summed E-state index contributed by atoms with van der Waals surface area (Å²) in [4.78, 5) is 28.4. The van der Waals surface area contributed by atoms with E-state index in [1.165, 1.54) is 12.7 Å². The fraction of sp³-hybridized carbons (Fsp3) is 0.308. The molecule has 0 radical (unpaired) electrons. The van der Waals surface area contributed by atoms with Crippen molar-refractivity contribution < 1.29 is 23.8 Å². The number of thiophene rings is 1. The summed E-state index contributed by atoms with van der Waals surface area (Å²) in [5.74, 6) is 0.795. The molecular formula is C26H28N2O5S. The van der Waals surface area contributed by atoms with Gasteiger partial charge in [0, 0.05) is 17.1 Å². The summed E-state index contributed by atoms with van der Waals surface area (Å²) in [5, 5.41) is 5.02. The molecule has 34 heavy (non-hydrogen) atoms. The van der Waals surface area contributed by atoms with Crippen molar-refractivity contribution in [1.82, 2.24) is 4.90 Å². The van der Waals surface area contributed by atoms with Crippen LogP contribution in [0.5, 0.6) is 11.5 Å². The highest BCUT2D eigenvalue weighted by molar-refractivity contribution is 7.10. The minimum atomic E-state index is -0.440. The van der Waals surface area contributed by atoms with E-state index in [0.717, 1.165) is 29.0 Å². The number of carbonyl (C=O) groups excluding carboxylic acids is 2. The molecule has 1 atom stereocenters. The lowest BCUT2D eigenvalue weighted by molar-refractivity contribution is -0.117. The van der Waals surface area contributed by atoms with Crippen molar-refractivity contribution in [3.63, 3.8) is 0 Å². The van der Waals surface area contributed by atoms with Crippen LogP contribution in [0.15, 0.2) is 47.8 Å². The second kappa shape index (κ2) is 10.3. The Labute approximate surface area is 203 Å². The molecule has 1 aromatic heterocycles. The number of methoxy groups -OCH3 is 3. The van der Waals surface area contributed by atoms with E-state index in [-0.39, 0.29) is 18.5 Å². The van der Waals surface area contributed by atoms with E-state index in [1.807, 2.05) is 30.5 Å². The number of carbonyl (C=O) groups is 2. The zero-order valence-corrected chi connectivity index (χ0v) is 20.5. The number of ether oxygens (including phenoxy) is 3. The van der Waals surface area contributed by atoms with Crippen LogP contribution in [0.1, 0.15) is 38.0 Å². The van der Waals surface area contributed by atoms with Gasteiger partial charge < -0.3 is 19.5 Å². The van der Waals surface area contributed by atoms with Gasteiger partial charge in [0.15, 0.2) is 11.5 Å². The van der Waals surface area contributed by atoms with Crippen molar-refractivity contribution in [1.29, 1.82) is 0 Å². The van der Waals surface area contributed by atoms with E-state index in [2.05, 4.69) is 16.3 Å². The lowest BCUT2D eigenvalue weighted by Crippen LogP contribution is -2.41. The molecule has 7 nitrogen and oxygen atoms in total. The third-order valence-corrected chi connectivity index (χ3v) is 6.99. The minimum Gasteiger partial charge on any atom is -0.493 e. The summed E-state index contributed by atoms with van der Waals surface area (Å²) in [7, 11) is 4.60. The van der Waals surface area contributed by atoms with Crippen LogP contribution < -0.4 is 14.8 Å². The quantitative estimate of drug-likeness (QED) is 0.504. The zero-order valence-electron chi connectivity index (χ0n) is 19.7. The van der Waals surface area contributed by atoms with E-state index < -0.39 is 5.97 Å². The molecule has 0 spiro atoms. The predicted octanol–water partition coefficient (Wildman–Crippen LogP) is 4.45. The Morgan fingerprint density at radius 2 is 1.85 bits per heavy atom. The zero-order chi connectivity index (χ0) is 24.2. The number of esters is 1. The van der Waals surface area contributed by atoms with Crippen molar-refractivity contribution in [2.45, 2.75) is 19.4 Å². The molecule has 1 aliphatic rings. The van der Waals surface area contributed by atoms with Crippen molar-refractivity contribution in [3.05, 3.63) is 75.0 Å². The summed E-state index contributed by atoms with van der Waals surface area (Å²) in [6.07, 6.45) is 0.793. The third-order valence-electron chi connectivity index (χ3n) is 6.07. The monoisotopic (exact) mass is 480 g/mol. The van der Waals surface area contributed by atoms with E-state index in [9.17, 15) is 9.59 Å². The molecule has 0 aliphatic carbocycles. The van der Waals surface area contributed by atoms with Crippen molar-refractivity contribution >= 4 is 28.9 Å². The number of nitrogens with zero attached hydrogens (tertiary/aromatic N) is 1. The smallest absolute Gasteiger partial charge is 0.337 e. The van der Waals surface area contributed by atoms with Crippen molar-refractivity contribution in [2.24, 2.45) is 0 Å². The van der Waals surface area contributed by atoms with Crippen molar-refractivity contribution in [2.75, 3.05) is 39.7 Å². The summed E-state index contributed by atoms with van der Waals surface area (Å²) in [6, 6.07) is 13.2. The van der Waals surface area contributed by atoms with Crippen LogP contribution in [-0.2, 0) is 16.0 Å². The second-order valence-electron chi connectivity index (χ2n) is 8.11. The van der Waals surface area contributed by atoms with Gasteiger partial charge in [-0.15, -0.1) is 11.3 Å². The summed E-state index contributed by atoms with van der Waals surface area (Å²) in [6.45, 7) is 2.82. The number of aryl methyl sites for hydroxylation is 1. The van der Waals surface area contributed by atoms with E-state index in [1.54, 1.807) is 43.8 Å². The first-order chi connectivity index (χ1) is 16.4. The number of nitrogens with one attached hydrogen (secondary N) is 1. The lowest BCUT2D eigenvalue weighted by atomic mass is 9.91. The molecule has 2 heterocycles. The molecule has 1 amide bonds. The van der Waals surface area contributed by atoms with Crippen LogP contribution in [-0.4, -0.2) is 51.2 Å². The van der Waals surface area contributed by atoms with Crippen LogP contribution in [0.2, 0.25) is 0 Å². The molecule has 1 unspecified atom stereocenters. The van der Waals surface area contributed by atoms with Gasteiger partial charge in [-0.05, 0) is 65.7 Å². The normalized spacial score (nSPS) is 15.4. The number of fused-ring (bicyclic) bond motifs is 1. The first-order valence-corrected chi connectivity index (χ1v) is 11.8. The van der Waals surface area contributed by atoms with Crippen LogP contribution in [0.3, 0.4) is 0 Å². The van der Waals surface area contributed by atoms with Crippen molar-refractivity contribution in [3.8, 4) is 11.5 Å². The fourth-order valence-corrected chi connectivity index (χ4v) is 5.20. The first kappa shape index (κ1) is 23.8. The highest BCUT2D eigenvalue weighted by Crippen LogP contribution is 2.42. The number of hydrogen-bond donors (Lipinski definition) is 1. The highest BCUT2D eigenvalue weighted by Gasteiger charge is 2.32. The summed E-state index contributed by atoms with van der Waals surface area (Å²) in [5.41, 5.74) is 4.17. The Morgan fingerprint density at radius 3 is 2.53 bits per heavy atom. The van der Waals surface area contributed by atoms with Crippen LogP contribution in [0, 0.1) is 6.92 Å². The summed E-state index contributed by atoms with van der Waals surface area (Å²) >= 11 is 1.66. The SMILES string of the molecule is COC(=O)c1ccc(C)c(NC(=O)CN2CCc3cc(OC)c(OC)cc3C2c2cccs2)c1. The molecule has 1 aliphatic heterocycles. The van der Waals surface area contributed by atoms with Gasteiger partial charge in [-0.1, -0.05) is 12.1 Å². The van der Waals surface area contributed by atoms with Gasteiger partial charge in [0.05, 0.1) is 39.5 Å². The largest absolute Gasteiger partial charge is 0.493 e. The van der Waals surface area contributed by atoms with E-state index in [0.29, 0.717) is 22.7 Å². The van der Waals surface area contributed by atoms with Crippen LogP contribution in [0.25, 0.3) is 0 Å². The minimum absolute atomic E-state index is 0.0724. The molecule has 0 fully saturated rings. The first-order valence-electron chi connectivity index (χ1n) is 11.0. The third kappa shape index (κ3) is 4.78. The topological polar surface area (TPSA) is 77.1 Å². The molecule has 178 valence electrons. The fourth-order valence-electron chi connectivity index (χ4n) is 4.32. The second-order valence-corrected chi connectivity index (χ2v) is 9.09. The van der Waals surface area contributed by atoms with Gasteiger partial charge >= 0.3 is 5.97 Å². The molecule has 0 bridgehead atoms. The van der Waals surface area contributed by atoms with Crippen LogP contribution >= 0.6 is 11.3 Å². The molecule has 0 saturated carbocycles. The van der Waals surface area contributed by atoms with Gasteiger partial charge in [-0.2, -0.15) is 0 Å². The predicted molar refractivity (Wildman–Crippen MR) is 132 cm³/mol. The highest BCUT2D eigenvalue weighted by atomic mass is 32.1. The average molecular weight is 481 g/mol. The Bertz CT molecular complexity index is 1190. The van der Waals surface area contributed by atoms with Gasteiger partial charge in [0.2, 0.25) is 5.91 Å². The van der Waals surface area contributed by atoms with E-state index in [4.69, 9.17) is 14.2 Å². The number of amides is 1. The van der Waals surface area contributed by atoms with Gasteiger partial charge in [-0.25, -0.2) is 4.79 Å². The maximum atomic E-state index is 13.1. The molecular weight excluding hydrogens is 452 g/mol. The van der Waals surface area contributed by atoms with Gasteiger partial charge in [0.25, 0.3) is 0 Å². The maximum Gasteiger partial charge on any atom is 0.337 e. The lowest BCUT2D eigenvalue weighted by Gasteiger charge is -2.37. The van der Waals surface area contributed by atoms with Gasteiger partial charge in [-0.3, -0.25) is 9.69 Å². The Kier molecular flexibility index (Phi) is 7.19. The Hall–Kier alpha value is -3.36. The standard InChI is InChI=1S/C26H28N2O5S/c1-16-7-8-18(26(30)33-4)12-20(16)27-24(29)15-28-10-9-17-13-21(31-2)22(32-3)14-19(17)25(28)23-6-5-11-34-23/h5-8,11-14,25H,9-10,15H2,1-4H3,(H,27,29). The van der Waals surface area contributed by atoms with E-state index >= 15 is 0 Å². The maximum absolute atomic E-state index is 13.1.